The Morgan fingerprint density at radius 1 is 1.08 bits per heavy atom. The van der Waals surface area contributed by atoms with E-state index in [1.165, 1.54) is 12.1 Å². The van der Waals surface area contributed by atoms with E-state index in [2.05, 4.69) is 15.6 Å². The third-order valence-electron chi connectivity index (χ3n) is 3.52. The molecule has 2 rings (SSSR count). The highest BCUT2D eigenvalue weighted by Gasteiger charge is 2.00. The fraction of sp³-hybridized carbons (Fsp3) is 0.316. The van der Waals surface area contributed by atoms with Crippen molar-refractivity contribution in [3.63, 3.8) is 0 Å². The topological polar surface area (TPSA) is 54.9 Å². The fourth-order valence-electron chi connectivity index (χ4n) is 2.17. The molecule has 0 fully saturated rings. The molecule has 0 spiro atoms. The van der Waals surface area contributed by atoms with Crippen LogP contribution in [0.5, 0.6) is 11.5 Å². The summed E-state index contributed by atoms with van der Waals surface area (Å²) in [6, 6.07) is 13.9. The molecular weight excluding hydrogens is 448 g/mol. The maximum atomic E-state index is 12.9. The number of nitrogens with zero attached hydrogens (tertiary/aromatic N) is 1. The molecule has 5 nitrogen and oxygen atoms in total. The minimum absolute atomic E-state index is 0. The summed E-state index contributed by atoms with van der Waals surface area (Å²) in [6.45, 7) is 1.91. The number of halogens is 2. The van der Waals surface area contributed by atoms with Crippen molar-refractivity contribution in [2.75, 3.05) is 27.3 Å². The summed E-state index contributed by atoms with van der Waals surface area (Å²) >= 11 is 0. The van der Waals surface area contributed by atoms with Gasteiger partial charge in [-0.2, -0.15) is 0 Å². The van der Waals surface area contributed by atoms with Crippen molar-refractivity contribution in [2.24, 2.45) is 4.99 Å². The number of hydrogen-bond acceptors (Lipinski definition) is 3. The zero-order valence-electron chi connectivity index (χ0n) is 15.0. The van der Waals surface area contributed by atoms with Crippen molar-refractivity contribution in [1.82, 2.24) is 10.6 Å². The van der Waals surface area contributed by atoms with Crippen molar-refractivity contribution in [3.8, 4) is 11.5 Å². The van der Waals surface area contributed by atoms with Crippen LogP contribution in [0, 0.1) is 5.82 Å². The van der Waals surface area contributed by atoms with Crippen molar-refractivity contribution in [2.45, 2.75) is 13.0 Å². The SMILES string of the molecule is CN=C(NCCCOc1cccc(OC)c1)NCc1ccc(F)cc1.I. The van der Waals surface area contributed by atoms with Crippen LogP contribution in [0.15, 0.2) is 53.5 Å². The lowest BCUT2D eigenvalue weighted by molar-refractivity contribution is 0.308. The van der Waals surface area contributed by atoms with E-state index in [0.29, 0.717) is 19.1 Å². The second-order valence-corrected chi connectivity index (χ2v) is 5.36. The smallest absolute Gasteiger partial charge is 0.191 e. The zero-order chi connectivity index (χ0) is 17.9. The van der Waals surface area contributed by atoms with Crippen LogP contribution >= 0.6 is 24.0 Å². The molecule has 0 heterocycles. The van der Waals surface area contributed by atoms with Crippen molar-refractivity contribution in [3.05, 3.63) is 59.9 Å². The van der Waals surface area contributed by atoms with E-state index < -0.39 is 0 Å². The maximum absolute atomic E-state index is 12.9. The van der Waals surface area contributed by atoms with Crippen LogP contribution < -0.4 is 20.1 Å². The number of ether oxygens (including phenoxy) is 2. The summed E-state index contributed by atoms with van der Waals surface area (Å²) in [5.41, 5.74) is 0.991. The lowest BCUT2D eigenvalue weighted by Crippen LogP contribution is -2.37. The standard InChI is InChI=1S/C19H24FN3O2.HI/c1-21-19(23-14-15-7-9-16(20)10-8-15)22-11-4-12-25-18-6-3-5-17(13-18)24-2;/h3,5-10,13H,4,11-12,14H2,1-2H3,(H2,21,22,23);1H. The van der Waals surface area contributed by atoms with Crippen LogP contribution in [0.2, 0.25) is 0 Å². The molecule has 0 bridgehead atoms. The predicted octanol–water partition coefficient (Wildman–Crippen LogP) is 3.59. The van der Waals surface area contributed by atoms with Gasteiger partial charge < -0.3 is 20.1 Å². The quantitative estimate of drug-likeness (QED) is 0.267. The van der Waals surface area contributed by atoms with Gasteiger partial charge in [-0.25, -0.2) is 4.39 Å². The lowest BCUT2D eigenvalue weighted by Gasteiger charge is -2.12. The summed E-state index contributed by atoms with van der Waals surface area (Å²) in [7, 11) is 3.35. The van der Waals surface area contributed by atoms with Gasteiger partial charge in [-0.3, -0.25) is 4.99 Å². The van der Waals surface area contributed by atoms with Crippen molar-refractivity contribution < 1.29 is 13.9 Å². The molecule has 2 aromatic rings. The van der Waals surface area contributed by atoms with Gasteiger partial charge in [-0.15, -0.1) is 24.0 Å². The molecule has 0 aliphatic rings. The average Bonchev–Trinajstić information content (AvgIpc) is 2.65. The molecular formula is C19H25FIN3O2. The van der Waals surface area contributed by atoms with Gasteiger partial charge in [0.25, 0.3) is 0 Å². The first-order chi connectivity index (χ1) is 12.2. The molecule has 2 N–H and O–H groups in total. The van der Waals surface area contributed by atoms with E-state index in [-0.39, 0.29) is 29.8 Å². The first-order valence-corrected chi connectivity index (χ1v) is 8.17. The number of guanidine groups is 1. The third kappa shape index (κ3) is 7.90. The minimum Gasteiger partial charge on any atom is -0.497 e. The Kier molecular flexibility index (Phi) is 10.5. The zero-order valence-corrected chi connectivity index (χ0v) is 17.3. The molecule has 0 unspecified atom stereocenters. The predicted molar refractivity (Wildman–Crippen MR) is 113 cm³/mol. The molecule has 2 aromatic carbocycles. The molecule has 0 saturated carbocycles. The van der Waals surface area contributed by atoms with Crippen molar-refractivity contribution >= 4 is 29.9 Å². The minimum atomic E-state index is -0.234. The van der Waals surface area contributed by atoms with Gasteiger partial charge in [0, 0.05) is 26.2 Å². The monoisotopic (exact) mass is 473 g/mol. The Hall–Kier alpha value is -2.03. The summed E-state index contributed by atoms with van der Waals surface area (Å²) in [4.78, 5) is 4.16. The van der Waals surface area contributed by atoms with Crippen LogP contribution in [0.25, 0.3) is 0 Å². The highest BCUT2D eigenvalue weighted by Crippen LogP contribution is 2.18. The third-order valence-corrected chi connectivity index (χ3v) is 3.52. The molecule has 0 amide bonds. The van der Waals surface area contributed by atoms with Crippen molar-refractivity contribution in [1.29, 1.82) is 0 Å². The molecule has 0 atom stereocenters. The molecule has 0 aliphatic carbocycles. The van der Waals surface area contributed by atoms with Crippen LogP contribution in [-0.2, 0) is 6.54 Å². The normalized spacial score (nSPS) is 10.7. The summed E-state index contributed by atoms with van der Waals surface area (Å²) in [5, 5.41) is 6.41. The summed E-state index contributed by atoms with van der Waals surface area (Å²) in [5.74, 6) is 2.03. The van der Waals surface area contributed by atoms with Crippen LogP contribution in [0.3, 0.4) is 0 Å². The van der Waals surface area contributed by atoms with Gasteiger partial charge in [0.05, 0.1) is 13.7 Å². The first-order valence-electron chi connectivity index (χ1n) is 8.17. The molecule has 0 aromatic heterocycles. The van der Waals surface area contributed by atoms with E-state index in [1.807, 2.05) is 24.3 Å². The first kappa shape index (κ1) is 22.0. The van der Waals surface area contributed by atoms with Gasteiger partial charge in [0.15, 0.2) is 5.96 Å². The van der Waals surface area contributed by atoms with E-state index >= 15 is 0 Å². The summed E-state index contributed by atoms with van der Waals surface area (Å²) in [6.07, 6.45) is 0.828. The number of benzene rings is 2. The average molecular weight is 473 g/mol. The van der Waals surface area contributed by atoms with Gasteiger partial charge in [0.2, 0.25) is 0 Å². The van der Waals surface area contributed by atoms with Gasteiger partial charge in [0.1, 0.15) is 17.3 Å². The summed E-state index contributed by atoms with van der Waals surface area (Å²) < 4.78 is 23.7. The van der Waals surface area contributed by atoms with Crippen LogP contribution in [-0.4, -0.2) is 33.3 Å². The van der Waals surface area contributed by atoms with Gasteiger partial charge in [-0.05, 0) is 36.2 Å². The molecule has 0 radical (unpaired) electrons. The number of aliphatic imine (C=N–C) groups is 1. The molecule has 7 heteroatoms. The highest BCUT2D eigenvalue weighted by atomic mass is 127. The molecule has 142 valence electrons. The Labute approximate surface area is 171 Å². The molecule has 0 aliphatic heterocycles. The number of methoxy groups -OCH3 is 1. The molecule has 0 saturated heterocycles. The number of hydrogen-bond donors (Lipinski definition) is 2. The number of nitrogens with one attached hydrogen (secondary N) is 2. The number of rotatable bonds is 8. The highest BCUT2D eigenvalue weighted by molar-refractivity contribution is 14.0. The van der Waals surface area contributed by atoms with Crippen LogP contribution in [0.4, 0.5) is 4.39 Å². The van der Waals surface area contributed by atoms with Crippen LogP contribution in [0.1, 0.15) is 12.0 Å². The largest absolute Gasteiger partial charge is 0.497 e. The van der Waals surface area contributed by atoms with E-state index in [0.717, 1.165) is 30.0 Å². The molecule has 26 heavy (non-hydrogen) atoms. The van der Waals surface area contributed by atoms with Gasteiger partial charge in [-0.1, -0.05) is 18.2 Å². The maximum Gasteiger partial charge on any atom is 0.191 e. The Morgan fingerprint density at radius 3 is 2.50 bits per heavy atom. The van der Waals surface area contributed by atoms with Gasteiger partial charge >= 0.3 is 0 Å². The second-order valence-electron chi connectivity index (χ2n) is 5.36. The second kappa shape index (κ2) is 12.3. The van der Waals surface area contributed by atoms with E-state index in [4.69, 9.17) is 9.47 Å². The Balaban J connectivity index is 0.00000338. The fourth-order valence-corrected chi connectivity index (χ4v) is 2.17. The Morgan fingerprint density at radius 2 is 1.81 bits per heavy atom. The lowest BCUT2D eigenvalue weighted by atomic mass is 10.2. The Bertz CT molecular complexity index is 681. The van der Waals surface area contributed by atoms with E-state index in [1.54, 1.807) is 26.3 Å². The van der Waals surface area contributed by atoms with E-state index in [9.17, 15) is 4.39 Å².